The van der Waals surface area contributed by atoms with E-state index < -0.39 is 23.8 Å². The summed E-state index contributed by atoms with van der Waals surface area (Å²) in [6.45, 7) is 3.49. The van der Waals surface area contributed by atoms with Crippen molar-refractivity contribution >= 4 is 29.5 Å². The second-order valence-electron chi connectivity index (χ2n) is 7.20. The third-order valence-corrected chi connectivity index (χ3v) is 4.82. The highest BCUT2D eigenvalue weighted by molar-refractivity contribution is 6.18. The van der Waals surface area contributed by atoms with E-state index in [0.29, 0.717) is 11.3 Å². The standard InChI is InChI=1S/C22H21N5O4/c1-13(2)19-20(28)24-18(12-14-8-10-15(31-3)11-9-14)22(30)27(19)21(29)16-6-4-5-7-17(16)25-26-23/h4-13,19H,1-3H3,(H,24,28)/b18-12-. The van der Waals surface area contributed by atoms with Crippen molar-refractivity contribution in [1.29, 1.82) is 0 Å². The molecule has 158 valence electrons. The Morgan fingerprint density at radius 2 is 1.87 bits per heavy atom. The van der Waals surface area contributed by atoms with Gasteiger partial charge in [-0.05, 0) is 41.3 Å². The molecule has 0 saturated carbocycles. The predicted molar refractivity (Wildman–Crippen MR) is 114 cm³/mol. The van der Waals surface area contributed by atoms with Crippen LogP contribution < -0.4 is 10.1 Å². The van der Waals surface area contributed by atoms with Crippen LogP contribution in [0.2, 0.25) is 0 Å². The molecule has 1 atom stereocenters. The normalized spacial score (nSPS) is 17.4. The van der Waals surface area contributed by atoms with Gasteiger partial charge in [0.15, 0.2) is 0 Å². The molecule has 0 bridgehead atoms. The van der Waals surface area contributed by atoms with Crippen LogP contribution in [0.4, 0.5) is 5.69 Å². The average molecular weight is 419 g/mol. The summed E-state index contributed by atoms with van der Waals surface area (Å²) in [5.41, 5.74) is 9.54. The highest BCUT2D eigenvalue weighted by Gasteiger charge is 2.43. The molecule has 1 fully saturated rings. The number of hydrogen-bond donors (Lipinski definition) is 1. The zero-order chi connectivity index (χ0) is 22.5. The Morgan fingerprint density at radius 1 is 1.19 bits per heavy atom. The first-order valence-corrected chi connectivity index (χ1v) is 9.56. The number of imide groups is 1. The molecule has 9 nitrogen and oxygen atoms in total. The van der Waals surface area contributed by atoms with Crippen molar-refractivity contribution in [2.75, 3.05) is 7.11 Å². The van der Waals surface area contributed by atoms with E-state index in [2.05, 4.69) is 15.3 Å². The number of methoxy groups -OCH3 is 1. The van der Waals surface area contributed by atoms with E-state index in [4.69, 9.17) is 10.3 Å². The van der Waals surface area contributed by atoms with Crippen LogP contribution in [0.3, 0.4) is 0 Å². The van der Waals surface area contributed by atoms with Crippen LogP contribution >= 0.6 is 0 Å². The molecule has 0 aliphatic carbocycles. The number of carbonyl (C=O) groups excluding carboxylic acids is 3. The molecule has 3 amide bonds. The molecule has 2 aromatic rings. The highest BCUT2D eigenvalue weighted by Crippen LogP contribution is 2.27. The lowest BCUT2D eigenvalue weighted by Gasteiger charge is -2.36. The number of carbonyl (C=O) groups is 3. The largest absolute Gasteiger partial charge is 0.497 e. The maximum absolute atomic E-state index is 13.3. The number of hydrogen-bond acceptors (Lipinski definition) is 5. The first-order valence-electron chi connectivity index (χ1n) is 9.56. The fraction of sp³-hybridized carbons (Fsp3) is 0.227. The zero-order valence-electron chi connectivity index (χ0n) is 17.3. The summed E-state index contributed by atoms with van der Waals surface area (Å²) in [7, 11) is 1.54. The second kappa shape index (κ2) is 9.15. The van der Waals surface area contributed by atoms with Gasteiger partial charge >= 0.3 is 0 Å². The van der Waals surface area contributed by atoms with Crippen molar-refractivity contribution < 1.29 is 19.1 Å². The molecule has 1 heterocycles. The van der Waals surface area contributed by atoms with Crippen molar-refractivity contribution in [3.8, 4) is 5.75 Å². The fourth-order valence-electron chi connectivity index (χ4n) is 3.34. The number of benzene rings is 2. The first-order chi connectivity index (χ1) is 14.9. The zero-order valence-corrected chi connectivity index (χ0v) is 17.3. The Kier molecular flexibility index (Phi) is 6.37. The SMILES string of the molecule is COc1ccc(/C=C2\NC(=O)C(C(C)C)N(C(=O)c3ccccc3N=[N+]=[N-])C2=O)cc1. The minimum atomic E-state index is -1.01. The maximum Gasteiger partial charge on any atom is 0.278 e. The summed E-state index contributed by atoms with van der Waals surface area (Å²) in [5.74, 6) is -1.50. The Balaban J connectivity index is 2.05. The molecule has 0 aromatic heterocycles. The van der Waals surface area contributed by atoms with E-state index in [1.165, 1.54) is 18.2 Å². The molecule has 1 aliphatic heterocycles. The van der Waals surface area contributed by atoms with Crippen molar-refractivity contribution in [2.24, 2.45) is 11.0 Å². The number of piperazine rings is 1. The van der Waals surface area contributed by atoms with Crippen LogP contribution in [0, 0.1) is 5.92 Å². The molecular weight excluding hydrogens is 398 g/mol. The molecule has 0 spiro atoms. The van der Waals surface area contributed by atoms with Gasteiger partial charge in [0.05, 0.1) is 12.8 Å². The van der Waals surface area contributed by atoms with Crippen LogP contribution in [0.1, 0.15) is 29.8 Å². The topological polar surface area (TPSA) is 124 Å². The van der Waals surface area contributed by atoms with E-state index in [1.807, 2.05) is 0 Å². The number of ether oxygens (including phenoxy) is 1. The van der Waals surface area contributed by atoms with Crippen LogP contribution in [0.5, 0.6) is 5.75 Å². The summed E-state index contributed by atoms with van der Waals surface area (Å²) >= 11 is 0. The van der Waals surface area contributed by atoms with E-state index in [-0.39, 0.29) is 22.9 Å². The lowest BCUT2D eigenvalue weighted by Crippen LogP contribution is -2.60. The number of nitrogens with zero attached hydrogens (tertiary/aromatic N) is 4. The predicted octanol–water partition coefficient (Wildman–Crippen LogP) is 3.80. The summed E-state index contributed by atoms with van der Waals surface area (Å²) in [6.07, 6.45) is 1.50. The lowest BCUT2D eigenvalue weighted by atomic mass is 9.96. The Hall–Kier alpha value is -4.10. The molecule has 2 aromatic carbocycles. The highest BCUT2D eigenvalue weighted by atomic mass is 16.5. The first kappa shape index (κ1) is 21.6. The smallest absolute Gasteiger partial charge is 0.278 e. The monoisotopic (exact) mass is 419 g/mol. The lowest BCUT2D eigenvalue weighted by molar-refractivity contribution is -0.140. The van der Waals surface area contributed by atoms with Crippen LogP contribution in [0.25, 0.3) is 16.5 Å². The molecule has 31 heavy (non-hydrogen) atoms. The minimum Gasteiger partial charge on any atom is -0.497 e. The van der Waals surface area contributed by atoms with Crippen molar-refractivity contribution in [3.05, 3.63) is 75.8 Å². The Labute approximate surface area is 178 Å². The summed E-state index contributed by atoms with van der Waals surface area (Å²) in [6, 6.07) is 12.0. The molecule has 1 aliphatic rings. The molecular formula is C22H21N5O4. The number of nitrogens with one attached hydrogen (secondary N) is 1. The van der Waals surface area contributed by atoms with E-state index in [1.54, 1.807) is 57.4 Å². The third kappa shape index (κ3) is 4.41. The van der Waals surface area contributed by atoms with Gasteiger partial charge in [-0.2, -0.15) is 0 Å². The summed E-state index contributed by atoms with van der Waals surface area (Å²) < 4.78 is 5.12. The average Bonchev–Trinajstić information content (AvgIpc) is 2.76. The Bertz CT molecular complexity index is 1100. The van der Waals surface area contributed by atoms with Crippen molar-refractivity contribution in [3.63, 3.8) is 0 Å². The second-order valence-corrected chi connectivity index (χ2v) is 7.20. The van der Waals surface area contributed by atoms with Gasteiger partial charge in [-0.1, -0.05) is 49.3 Å². The van der Waals surface area contributed by atoms with Gasteiger partial charge in [0.1, 0.15) is 17.5 Å². The van der Waals surface area contributed by atoms with Gasteiger partial charge in [-0.15, -0.1) is 0 Å². The maximum atomic E-state index is 13.3. The van der Waals surface area contributed by atoms with Crippen molar-refractivity contribution in [2.45, 2.75) is 19.9 Å². The minimum absolute atomic E-state index is 0.0262. The Morgan fingerprint density at radius 3 is 2.48 bits per heavy atom. The van der Waals surface area contributed by atoms with Gasteiger partial charge < -0.3 is 10.1 Å². The van der Waals surface area contributed by atoms with Gasteiger partial charge in [-0.25, -0.2) is 0 Å². The summed E-state index contributed by atoms with van der Waals surface area (Å²) in [4.78, 5) is 43.1. The number of amides is 3. The molecule has 9 heteroatoms. The van der Waals surface area contributed by atoms with Crippen LogP contribution in [-0.2, 0) is 9.59 Å². The molecule has 0 radical (unpaired) electrons. The summed E-state index contributed by atoms with van der Waals surface area (Å²) in [5, 5.41) is 6.15. The number of rotatable bonds is 5. The van der Waals surface area contributed by atoms with Gasteiger partial charge in [-0.3, -0.25) is 19.3 Å². The third-order valence-electron chi connectivity index (χ3n) is 4.82. The molecule has 3 rings (SSSR count). The van der Waals surface area contributed by atoms with E-state index in [0.717, 1.165) is 4.90 Å². The van der Waals surface area contributed by atoms with E-state index >= 15 is 0 Å². The van der Waals surface area contributed by atoms with Gasteiger partial charge in [0, 0.05) is 10.5 Å². The van der Waals surface area contributed by atoms with Gasteiger partial charge in [0.25, 0.3) is 11.8 Å². The van der Waals surface area contributed by atoms with Crippen molar-refractivity contribution in [1.82, 2.24) is 10.2 Å². The molecule has 1 N–H and O–H groups in total. The van der Waals surface area contributed by atoms with E-state index in [9.17, 15) is 14.4 Å². The van der Waals surface area contributed by atoms with Gasteiger partial charge in [0.2, 0.25) is 5.91 Å². The van der Waals surface area contributed by atoms with Crippen LogP contribution in [0.15, 0.2) is 59.3 Å². The number of azide groups is 1. The molecule has 1 unspecified atom stereocenters. The quantitative estimate of drug-likeness (QED) is 0.260. The van der Waals surface area contributed by atoms with Crippen LogP contribution in [-0.4, -0.2) is 35.8 Å². The molecule has 1 saturated heterocycles. The fourth-order valence-corrected chi connectivity index (χ4v) is 3.34.